The van der Waals surface area contributed by atoms with Gasteiger partial charge in [-0.3, -0.25) is 4.79 Å². The molecular weight excluding hydrogens is 455 g/mol. The zero-order chi connectivity index (χ0) is 22.8. The van der Waals surface area contributed by atoms with Gasteiger partial charge in [0.15, 0.2) is 17.1 Å². The van der Waals surface area contributed by atoms with Crippen LogP contribution in [0.2, 0.25) is 10.0 Å². The lowest BCUT2D eigenvalue weighted by Gasteiger charge is -2.11. The minimum absolute atomic E-state index is 0.219. The van der Waals surface area contributed by atoms with Crippen LogP contribution in [-0.4, -0.2) is 32.2 Å². The Hall–Kier alpha value is -3.42. The van der Waals surface area contributed by atoms with E-state index in [2.05, 4.69) is 10.3 Å². The third kappa shape index (κ3) is 4.17. The van der Waals surface area contributed by atoms with Gasteiger partial charge < -0.3 is 23.9 Å². The third-order valence-corrected chi connectivity index (χ3v) is 5.23. The number of aromatic nitrogens is 1. The molecule has 0 aliphatic rings. The zero-order valence-electron chi connectivity index (χ0n) is 17.4. The van der Waals surface area contributed by atoms with E-state index in [0.29, 0.717) is 39.2 Å². The molecule has 1 aromatic heterocycles. The number of carbonyl (C=O) groups excluding carboxylic acids is 1. The number of benzene rings is 3. The van der Waals surface area contributed by atoms with E-state index < -0.39 is 5.91 Å². The molecule has 0 aliphatic carbocycles. The van der Waals surface area contributed by atoms with Crippen molar-refractivity contribution < 1.29 is 23.4 Å². The first-order chi connectivity index (χ1) is 15.4. The fourth-order valence-electron chi connectivity index (χ4n) is 3.23. The molecule has 0 saturated heterocycles. The Morgan fingerprint density at radius 3 is 2.44 bits per heavy atom. The maximum atomic E-state index is 12.8. The topological polar surface area (TPSA) is 82.8 Å². The maximum Gasteiger partial charge on any atom is 0.259 e. The van der Waals surface area contributed by atoms with Crippen LogP contribution in [0.1, 0.15) is 10.4 Å². The molecule has 0 radical (unpaired) electrons. The largest absolute Gasteiger partial charge is 0.494 e. The van der Waals surface area contributed by atoms with Crippen LogP contribution in [0.5, 0.6) is 17.2 Å². The van der Waals surface area contributed by atoms with E-state index >= 15 is 0 Å². The first kappa shape index (κ1) is 21.8. The average Bonchev–Trinajstić information content (AvgIpc) is 3.21. The highest BCUT2D eigenvalue weighted by Crippen LogP contribution is 2.35. The minimum Gasteiger partial charge on any atom is -0.494 e. The predicted molar refractivity (Wildman–Crippen MR) is 124 cm³/mol. The first-order valence-corrected chi connectivity index (χ1v) is 10.2. The number of nitrogens with zero attached hydrogens (tertiary/aromatic N) is 1. The van der Waals surface area contributed by atoms with Crippen LogP contribution in [0.3, 0.4) is 0 Å². The molecule has 0 atom stereocenters. The molecule has 4 aromatic rings. The molecule has 164 valence electrons. The molecule has 7 nitrogen and oxygen atoms in total. The summed E-state index contributed by atoms with van der Waals surface area (Å²) in [4.78, 5) is 17.3. The molecule has 1 N–H and O–H groups in total. The van der Waals surface area contributed by atoms with Gasteiger partial charge in [0.2, 0.25) is 5.89 Å². The number of fused-ring (bicyclic) bond motifs is 1. The number of hydrogen-bond acceptors (Lipinski definition) is 6. The summed E-state index contributed by atoms with van der Waals surface area (Å²) >= 11 is 12.2. The lowest BCUT2D eigenvalue weighted by molar-refractivity contribution is 0.102. The van der Waals surface area contributed by atoms with E-state index in [1.54, 1.807) is 44.6 Å². The Morgan fingerprint density at radius 1 is 0.938 bits per heavy atom. The minimum atomic E-state index is -0.422. The Kier molecular flexibility index (Phi) is 6.12. The number of carbonyl (C=O) groups is 1. The highest BCUT2D eigenvalue weighted by atomic mass is 35.5. The Morgan fingerprint density at radius 2 is 1.72 bits per heavy atom. The third-order valence-electron chi connectivity index (χ3n) is 4.73. The summed E-state index contributed by atoms with van der Waals surface area (Å²) in [5.74, 6) is 1.40. The quantitative estimate of drug-likeness (QED) is 0.366. The fourth-order valence-corrected chi connectivity index (χ4v) is 3.80. The molecule has 0 fully saturated rings. The zero-order valence-corrected chi connectivity index (χ0v) is 18.9. The highest BCUT2D eigenvalue weighted by Gasteiger charge is 2.18. The Balaban J connectivity index is 1.64. The molecule has 3 aromatic carbocycles. The number of halogens is 2. The van der Waals surface area contributed by atoms with Crippen LogP contribution in [-0.2, 0) is 0 Å². The molecule has 1 heterocycles. The lowest BCUT2D eigenvalue weighted by Crippen LogP contribution is -2.13. The SMILES string of the molecule is COc1ccc(-c2nc3cc(NC(=O)c4cc(Cl)cc(Cl)c4OC)ccc3o2)cc1OC. The normalized spacial score (nSPS) is 10.8. The van der Waals surface area contributed by atoms with Gasteiger partial charge in [-0.2, -0.15) is 0 Å². The molecular formula is C23H18Cl2N2O5. The van der Waals surface area contributed by atoms with Crippen molar-refractivity contribution in [1.82, 2.24) is 4.98 Å². The van der Waals surface area contributed by atoms with Gasteiger partial charge in [0.25, 0.3) is 5.91 Å². The van der Waals surface area contributed by atoms with E-state index in [-0.39, 0.29) is 16.3 Å². The number of ether oxygens (including phenoxy) is 3. The van der Waals surface area contributed by atoms with Gasteiger partial charge in [-0.05, 0) is 48.5 Å². The van der Waals surface area contributed by atoms with Gasteiger partial charge in [-0.1, -0.05) is 23.2 Å². The van der Waals surface area contributed by atoms with Crippen LogP contribution >= 0.6 is 23.2 Å². The van der Waals surface area contributed by atoms with Crippen molar-refractivity contribution >= 4 is 45.9 Å². The van der Waals surface area contributed by atoms with Gasteiger partial charge in [-0.15, -0.1) is 0 Å². The van der Waals surface area contributed by atoms with E-state index in [9.17, 15) is 4.79 Å². The number of methoxy groups -OCH3 is 3. The van der Waals surface area contributed by atoms with Crippen LogP contribution < -0.4 is 19.5 Å². The molecule has 0 spiro atoms. The van der Waals surface area contributed by atoms with E-state index in [0.717, 1.165) is 5.56 Å². The van der Waals surface area contributed by atoms with Crippen LogP contribution in [0.25, 0.3) is 22.6 Å². The summed E-state index contributed by atoms with van der Waals surface area (Å²) < 4.78 is 21.7. The molecule has 0 bridgehead atoms. The molecule has 32 heavy (non-hydrogen) atoms. The highest BCUT2D eigenvalue weighted by molar-refractivity contribution is 6.36. The van der Waals surface area contributed by atoms with Crippen molar-refractivity contribution in [3.05, 3.63) is 64.1 Å². The fraction of sp³-hybridized carbons (Fsp3) is 0.130. The van der Waals surface area contributed by atoms with Gasteiger partial charge in [0.05, 0.1) is 31.9 Å². The first-order valence-electron chi connectivity index (χ1n) is 9.41. The second kappa shape index (κ2) is 8.98. The van der Waals surface area contributed by atoms with E-state index in [4.69, 9.17) is 41.8 Å². The smallest absolute Gasteiger partial charge is 0.259 e. The van der Waals surface area contributed by atoms with Crippen molar-refractivity contribution in [2.75, 3.05) is 26.6 Å². The predicted octanol–water partition coefficient (Wildman–Crippen LogP) is 6.08. The van der Waals surface area contributed by atoms with Gasteiger partial charge in [-0.25, -0.2) is 4.98 Å². The monoisotopic (exact) mass is 472 g/mol. The second-order valence-corrected chi connectivity index (χ2v) is 7.54. The van der Waals surface area contributed by atoms with Crippen LogP contribution in [0, 0.1) is 0 Å². The van der Waals surface area contributed by atoms with E-state index in [1.165, 1.54) is 19.2 Å². The number of oxazole rings is 1. The summed E-state index contributed by atoms with van der Waals surface area (Å²) in [5.41, 5.74) is 2.60. The summed E-state index contributed by atoms with van der Waals surface area (Å²) in [6.07, 6.45) is 0. The number of amides is 1. The van der Waals surface area contributed by atoms with Gasteiger partial charge in [0.1, 0.15) is 11.3 Å². The Labute approximate surface area is 193 Å². The molecule has 0 aliphatic heterocycles. The van der Waals surface area contributed by atoms with Gasteiger partial charge in [0, 0.05) is 16.3 Å². The molecule has 0 unspecified atom stereocenters. The summed E-state index contributed by atoms with van der Waals surface area (Å²) in [7, 11) is 4.56. The number of hydrogen-bond donors (Lipinski definition) is 1. The van der Waals surface area contributed by atoms with Crippen molar-refractivity contribution in [1.29, 1.82) is 0 Å². The molecule has 4 rings (SSSR count). The van der Waals surface area contributed by atoms with Crippen molar-refractivity contribution in [2.24, 2.45) is 0 Å². The van der Waals surface area contributed by atoms with Crippen molar-refractivity contribution in [3.8, 4) is 28.7 Å². The van der Waals surface area contributed by atoms with Crippen molar-refractivity contribution in [3.63, 3.8) is 0 Å². The molecule has 0 saturated carbocycles. The van der Waals surface area contributed by atoms with Crippen LogP contribution in [0.4, 0.5) is 5.69 Å². The number of anilines is 1. The summed E-state index contributed by atoms with van der Waals surface area (Å²) in [5, 5.41) is 3.38. The standard InChI is InChI=1S/C23H18Cl2N2O5/c1-29-19-6-4-12(8-20(19)30-2)23-27-17-11-14(5-7-18(17)32-23)26-22(28)15-9-13(24)10-16(25)21(15)31-3/h4-11H,1-3H3,(H,26,28). The summed E-state index contributed by atoms with van der Waals surface area (Å²) in [6.45, 7) is 0. The van der Waals surface area contributed by atoms with Gasteiger partial charge >= 0.3 is 0 Å². The van der Waals surface area contributed by atoms with E-state index in [1.807, 2.05) is 6.07 Å². The summed E-state index contributed by atoms with van der Waals surface area (Å²) in [6, 6.07) is 13.5. The van der Waals surface area contributed by atoms with Crippen molar-refractivity contribution in [2.45, 2.75) is 0 Å². The van der Waals surface area contributed by atoms with Crippen LogP contribution in [0.15, 0.2) is 52.9 Å². The second-order valence-electron chi connectivity index (χ2n) is 6.69. The molecule has 9 heteroatoms. The maximum absolute atomic E-state index is 12.8. The number of nitrogens with one attached hydrogen (secondary N) is 1. The Bertz CT molecular complexity index is 1320. The molecule has 1 amide bonds. The number of rotatable bonds is 6. The average molecular weight is 473 g/mol. The lowest BCUT2D eigenvalue weighted by atomic mass is 10.1.